The van der Waals surface area contributed by atoms with Crippen LogP contribution in [0.25, 0.3) is 0 Å². The van der Waals surface area contributed by atoms with E-state index in [1.54, 1.807) is 30.4 Å². The molecule has 76 valence electrons. The van der Waals surface area contributed by atoms with E-state index in [-0.39, 0.29) is 5.78 Å². The number of Topliss-reactive ketones (excluding diaryl/α,β-unsaturated/α-hetero) is 1. The molecule has 2 rings (SSSR count). The molecule has 0 aromatic carbocycles. The predicted octanol–water partition coefficient (Wildman–Crippen LogP) is 2.52. The number of carbonyl (C=O) groups excluding carboxylic acids is 1. The van der Waals surface area contributed by atoms with Crippen LogP contribution in [0.2, 0.25) is 0 Å². The van der Waals surface area contributed by atoms with Crippen LogP contribution in [-0.4, -0.2) is 25.6 Å². The zero-order valence-electron chi connectivity index (χ0n) is 7.89. The van der Waals surface area contributed by atoms with Crippen molar-refractivity contribution in [2.24, 2.45) is 5.10 Å². The number of nitrogens with zero attached hydrogens (tertiary/aromatic N) is 2. The SMILES string of the molecule is CC(=O)CSC1=NN2C(C)=CSC2S1. The molecule has 0 N–H and O–H groups in total. The van der Waals surface area contributed by atoms with E-state index in [1.165, 1.54) is 17.5 Å². The number of allylic oxidation sites excluding steroid dienone is 1. The molecule has 2 aliphatic rings. The Kier molecular flexibility index (Phi) is 3.14. The molecule has 2 heterocycles. The van der Waals surface area contributed by atoms with Gasteiger partial charge >= 0.3 is 0 Å². The molecule has 2 aliphatic heterocycles. The predicted molar refractivity (Wildman–Crippen MR) is 65.1 cm³/mol. The first-order valence-electron chi connectivity index (χ1n) is 4.16. The largest absolute Gasteiger partial charge is 0.299 e. The van der Waals surface area contributed by atoms with Crippen molar-refractivity contribution in [1.29, 1.82) is 0 Å². The van der Waals surface area contributed by atoms with Crippen LogP contribution in [0.4, 0.5) is 0 Å². The second-order valence-corrected chi connectivity index (χ2v) is 6.57. The van der Waals surface area contributed by atoms with Gasteiger partial charge in [0.15, 0.2) is 9.08 Å². The van der Waals surface area contributed by atoms with Gasteiger partial charge in [-0.2, -0.15) is 5.10 Å². The Morgan fingerprint density at radius 3 is 3.21 bits per heavy atom. The first kappa shape index (κ1) is 10.4. The third-order valence-corrected chi connectivity index (χ3v) is 5.44. The first-order chi connectivity index (χ1) is 6.66. The van der Waals surface area contributed by atoms with Crippen LogP contribution in [0.5, 0.6) is 0 Å². The molecule has 0 aromatic rings. The highest BCUT2D eigenvalue weighted by molar-refractivity contribution is 8.42. The van der Waals surface area contributed by atoms with Gasteiger partial charge in [-0.3, -0.25) is 4.79 Å². The molecule has 0 radical (unpaired) electrons. The molecule has 0 saturated carbocycles. The molecule has 3 nitrogen and oxygen atoms in total. The van der Waals surface area contributed by atoms with Crippen LogP contribution in [0.15, 0.2) is 16.2 Å². The molecule has 0 aliphatic carbocycles. The van der Waals surface area contributed by atoms with Crippen LogP contribution in [0.1, 0.15) is 13.8 Å². The fourth-order valence-electron chi connectivity index (χ4n) is 1.06. The fraction of sp³-hybridized carbons (Fsp3) is 0.500. The lowest BCUT2D eigenvalue weighted by Gasteiger charge is -2.12. The normalized spacial score (nSPS) is 24.7. The summed E-state index contributed by atoms with van der Waals surface area (Å²) in [6, 6.07) is 0. The van der Waals surface area contributed by atoms with E-state index >= 15 is 0 Å². The number of hydrogen-bond donors (Lipinski definition) is 0. The highest BCUT2D eigenvalue weighted by atomic mass is 32.2. The van der Waals surface area contributed by atoms with Gasteiger partial charge in [-0.1, -0.05) is 35.3 Å². The van der Waals surface area contributed by atoms with E-state index in [9.17, 15) is 4.79 Å². The summed E-state index contributed by atoms with van der Waals surface area (Å²) in [5.74, 6) is 0.727. The van der Waals surface area contributed by atoms with Crippen molar-refractivity contribution < 1.29 is 4.79 Å². The average Bonchev–Trinajstić information content (AvgIpc) is 2.65. The molecule has 14 heavy (non-hydrogen) atoms. The molecule has 6 heteroatoms. The second-order valence-electron chi connectivity index (χ2n) is 3.02. The molecular formula is C8H10N2OS3. The summed E-state index contributed by atoms with van der Waals surface area (Å²) in [7, 11) is 0. The topological polar surface area (TPSA) is 32.7 Å². The Bertz CT molecular complexity index is 327. The number of fused-ring (bicyclic) bond motifs is 1. The maximum absolute atomic E-state index is 10.8. The van der Waals surface area contributed by atoms with E-state index in [4.69, 9.17) is 0 Å². The lowest BCUT2D eigenvalue weighted by Crippen LogP contribution is -2.13. The maximum Gasteiger partial charge on any atom is 0.153 e. The Labute approximate surface area is 95.7 Å². The van der Waals surface area contributed by atoms with Gasteiger partial charge in [0.1, 0.15) is 5.78 Å². The van der Waals surface area contributed by atoms with Gasteiger partial charge in [-0.15, -0.1) is 0 Å². The third kappa shape index (κ3) is 2.12. The fourth-order valence-corrected chi connectivity index (χ4v) is 4.47. The molecule has 0 bridgehead atoms. The van der Waals surface area contributed by atoms with E-state index in [2.05, 4.69) is 17.4 Å². The Morgan fingerprint density at radius 2 is 2.57 bits per heavy atom. The van der Waals surface area contributed by atoms with Crippen LogP contribution < -0.4 is 0 Å². The van der Waals surface area contributed by atoms with E-state index in [1.807, 2.05) is 5.01 Å². The van der Waals surface area contributed by atoms with Gasteiger partial charge in [-0.25, -0.2) is 5.01 Å². The molecule has 0 spiro atoms. The number of ketones is 1. The van der Waals surface area contributed by atoms with Crippen LogP contribution in [0, 0.1) is 0 Å². The average molecular weight is 246 g/mol. The summed E-state index contributed by atoms with van der Waals surface area (Å²) in [6.07, 6.45) is 0. The van der Waals surface area contributed by atoms with Crippen molar-refractivity contribution in [2.75, 3.05) is 5.75 Å². The summed E-state index contributed by atoms with van der Waals surface area (Å²) in [4.78, 5) is 10.8. The van der Waals surface area contributed by atoms with Crippen molar-refractivity contribution >= 4 is 45.4 Å². The van der Waals surface area contributed by atoms with Crippen molar-refractivity contribution in [2.45, 2.75) is 18.6 Å². The van der Waals surface area contributed by atoms with Crippen molar-refractivity contribution in [3.05, 3.63) is 11.1 Å². The molecule has 1 atom stereocenters. The lowest BCUT2D eigenvalue weighted by molar-refractivity contribution is -0.114. The van der Waals surface area contributed by atoms with Gasteiger partial charge < -0.3 is 0 Å². The van der Waals surface area contributed by atoms with Gasteiger partial charge in [0.2, 0.25) is 0 Å². The first-order valence-corrected chi connectivity index (χ1v) is 6.96. The van der Waals surface area contributed by atoms with Gasteiger partial charge in [-0.05, 0) is 19.3 Å². The molecule has 0 saturated heterocycles. The van der Waals surface area contributed by atoms with Crippen LogP contribution in [-0.2, 0) is 4.79 Å². The molecule has 0 fully saturated rings. The minimum atomic E-state index is 0.199. The second kappa shape index (κ2) is 4.20. The van der Waals surface area contributed by atoms with Crippen molar-refractivity contribution in [3.63, 3.8) is 0 Å². The highest BCUT2D eigenvalue weighted by Crippen LogP contribution is 2.45. The standard InChI is InChI=1S/C8H10N2OS3/c1-5-3-13-8-10(5)9-7(14-8)12-4-6(2)11/h3,8H,4H2,1-2H3. The van der Waals surface area contributed by atoms with Crippen molar-refractivity contribution in [1.82, 2.24) is 5.01 Å². The minimum Gasteiger partial charge on any atom is -0.299 e. The van der Waals surface area contributed by atoms with Crippen molar-refractivity contribution in [3.8, 4) is 0 Å². The monoisotopic (exact) mass is 246 g/mol. The number of carbonyl (C=O) groups is 1. The number of hydrazone groups is 1. The Morgan fingerprint density at radius 1 is 1.79 bits per heavy atom. The Hall–Kier alpha value is -0.0700. The quantitative estimate of drug-likeness (QED) is 0.747. The van der Waals surface area contributed by atoms with Gasteiger partial charge in [0.25, 0.3) is 0 Å². The van der Waals surface area contributed by atoms with E-state index in [0.29, 0.717) is 10.5 Å². The van der Waals surface area contributed by atoms with E-state index < -0.39 is 0 Å². The zero-order valence-corrected chi connectivity index (χ0v) is 10.3. The maximum atomic E-state index is 10.8. The molecular weight excluding hydrogens is 236 g/mol. The summed E-state index contributed by atoms with van der Waals surface area (Å²) < 4.78 is 1.37. The smallest absolute Gasteiger partial charge is 0.153 e. The van der Waals surface area contributed by atoms with Crippen LogP contribution >= 0.6 is 35.3 Å². The number of rotatable bonds is 2. The minimum absolute atomic E-state index is 0.199. The zero-order chi connectivity index (χ0) is 10.1. The van der Waals surface area contributed by atoms with Crippen LogP contribution in [0.3, 0.4) is 0 Å². The van der Waals surface area contributed by atoms with Gasteiger partial charge in [0.05, 0.1) is 5.75 Å². The van der Waals surface area contributed by atoms with E-state index in [0.717, 1.165) is 4.38 Å². The molecule has 1 unspecified atom stereocenters. The Balaban J connectivity index is 1.94. The molecule has 0 aromatic heterocycles. The third-order valence-electron chi connectivity index (χ3n) is 1.71. The summed E-state index contributed by atoms with van der Waals surface area (Å²) in [5.41, 5.74) is 1.19. The number of thioether (sulfide) groups is 3. The summed E-state index contributed by atoms with van der Waals surface area (Å²) in [6.45, 7) is 3.66. The highest BCUT2D eigenvalue weighted by Gasteiger charge is 2.32. The number of hydrogen-bond acceptors (Lipinski definition) is 6. The summed E-state index contributed by atoms with van der Waals surface area (Å²) >= 11 is 5.03. The lowest BCUT2D eigenvalue weighted by atomic mass is 10.5. The molecule has 0 amide bonds. The summed E-state index contributed by atoms with van der Waals surface area (Å²) in [5, 5.41) is 8.57. The van der Waals surface area contributed by atoms with Gasteiger partial charge in [0, 0.05) is 5.70 Å².